The van der Waals surface area contributed by atoms with Crippen molar-refractivity contribution >= 4 is 20.2 Å². The molecule has 3 fully saturated rings. The minimum absolute atomic E-state index is 0.717. The molecule has 2 saturated carbocycles. The van der Waals surface area contributed by atoms with Gasteiger partial charge in [-0.2, -0.15) is 0 Å². The molecule has 0 N–H and O–H groups in total. The van der Waals surface area contributed by atoms with Gasteiger partial charge in [-0.05, 0) is 0 Å². The Morgan fingerprint density at radius 2 is 0.891 bits per heavy atom. The van der Waals surface area contributed by atoms with Gasteiger partial charge in [-0.1, -0.05) is 0 Å². The zero-order valence-corrected chi connectivity index (χ0v) is 32.8. The molecule has 9 rings (SSSR count). The molecular weight excluding hydrogens is 735 g/mol. The molecule has 0 radical (unpaired) electrons. The van der Waals surface area contributed by atoms with Crippen LogP contribution in [0.1, 0.15) is 92.1 Å². The summed E-state index contributed by atoms with van der Waals surface area (Å²) in [5, 5.41) is 4.06. The Balaban J connectivity index is 1.35. The molecular formula is C44H48HfSi. The van der Waals surface area contributed by atoms with Crippen molar-refractivity contribution in [2.24, 2.45) is 0 Å². The molecule has 46 heavy (non-hydrogen) atoms. The van der Waals surface area contributed by atoms with E-state index in [9.17, 15) is 0 Å². The first-order valence-corrected chi connectivity index (χ1v) is 31.7. The molecule has 4 aliphatic carbocycles. The molecule has 4 aromatic rings. The van der Waals surface area contributed by atoms with Crippen LogP contribution in [0.2, 0.25) is 20.4 Å². The number of fused-ring (bicyclic) bond motifs is 6. The van der Waals surface area contributed by atoms with Gasteiger partial charge in [0.05, 0.1) is 0 Å². The third kappa shape index (κ3) is 4.05. The second kappa shape index (κ2) is 11.0. The summed E-state index contributed by atoms with van der Waals surface area (Å²) in [6.07, 6.45) is 17.4. The first-order chi connectivity index (χ1) is 22.4. The summed E-state index contributed by atoms with van der Waals surface area (Å²) in [7, 11) is -2.06. The summed E-state index contributed by atoms with van der Waals surface area (Å²) in [6, 6.07) is 33.2. The molecule has 5 aliphatic rings. The van der Waals surface area contributed by atoms with Gasteiger partial charge >= 0.3 is 284 Å². The van der Waals surface area contributed by atoms with Crippen molar-refractivity contribution in [1.29, 1.82) is 0 Å². The molecule has 0 spiro atoms. The van der Waals surface area contributed by atoms with Crippen molar-refractivity contribution in [2.45, 2.75) is 93.0 Å². The molecule has 1 saturated heterocycles. The Labute approximate surface area is 282 Å². The van der Waals surface area contributed by atoms with E-state index < -0.39 is 28.0 Å². The molecule has 2 unspecified atom stereocenters. The van der Waals surface area contributed by atoms with Gasteiger partial charge in [-0.25, -0.2) is 0 Å². The SMILES string of the molecule is Cc1ccccc1-c1cccc2c1C=C1[CH]2[Hf]([CH3])([CH3])[CH]2C(=Cc3c(-c4ccccc4C)cccc32)[Si]1(C1CCCC1)C1CCCC1. The van der Waals surface area contributed by atoms with E-state index in [0.717, 1.165) is 18.4 Å². The van der Waals surface area contributed by atoms with Gasteiger partial charge in [0.2, 0.25) is 0 Å². The quantitative estimate of drug-likeness (QED) is 0.181. The van der Waals surface area contributed by atoms with Gasteiger partial charge in [0.15, 0.2) is 0 Å². The zero-order chi connectivity index (χ0) is 31.2. The number of allylic oxidation sites excluding steroid dienone is 2. The van der Waals surface area contributed by atoms with Crippen LogP contribution in [-0.2, 0) is 20.0 Å². The number of aryl methyl sites for hydroxylation is 2. The molecule has 2 atom stereocenters. The van der Waals surface area contributed by atoms with Gasteiger partial charge in [0.25, 0.3) is 0 Å². The number of rotatable bonds is 4. The van der Waals surface area contributed by atoms with E-state index in [-0.39, 0.29) is 0 Å². The van der Waals surface area contributed by atoms with Gasteiger partial charge in [0, 0.05) is 0 Å². The molecule has 0 aromatic heterocycles. The number of hydrogen-bond acceptors (Lipinski definition) is 0. The van der Waals surface area contributed by atoms with E-state index in [1.54, 1.807) is 22.3 Å². The summed E-state index contributed by atoms with van der Waals surface area (Å²) in [5.74, 6) is 0. The maximum atomic E-state index is 2.90. The second-order valence-electron chi connectivity index (χ2n) is 16.0. The van der Waals surface area contributed by atoms with E-state index >= 15 is 0 Å². The van der Waals surface area contributed by atoms with Crippen molar-refractivity contribution in [2.75, 3.05) is 0 Å². The molecule has 0 amide bonds. The van der Waals surface area contributed by atoms with Crippen LogP contribution in [-0.4, -0.2) is 8.07 Å². The number of benzene rings is 4. The second-order valence-corrected chi connectivity index (χ2v) is 37.7. The van der Waals surface area contributed by atoms with Gasteiger partial charge < -0.3 is 0 Å². The van der Waals surface area contributed by atoms with Crippen molar-refractivity contribution in [3.05, 3.63) is 129 Å². The Hall–Kier alpha value is -2.55. The summed E-state index contributed by atoms with van der Waals surface area (Å²) < 4.78 is 7.18. The molecule has 0 bridgehead atoms. The van der Waals surface area contributed by atoms with E-state index in [4.69, 9.17) is 0 Å². The third-order valence-electron chi connectivity index (χ3n) is 13.4. The fourth-order valence-corrected chi connectivity index (χ4v) is 45.6. The van der Waals surface area contributed by atoms with Crippen LogP contribution in [0.25, 0.3) is 34.4 Å². The molecule has 2 heteroatoms. The molecule has 4 aromatic carbocycles. The van der Waals surface area contributed by atoms with Gasteiger partial charge in [-0.15, -0.1) is 0 Å². The van der Waals surface area contributed by atoms with E-state index in [0.29, 0.717) is 0 Å². The van der Waals surface area contributed by atoms with Crippen LogP contribution in [0, 0.1) is 13.8 Å². The first-order valence-electron chi connectivity index (χ1n) is 18.2. The van der Waals surface area contributed by atoms with E-state index in [2.05, 4.69) is 120 Å². The maximum absolute atomic E-state index is 3.13. The van der Waals surface area contributed by atoms with Crippen LogP contribution in [0.4, 0.5) is 0 Å². The molecule has 1 aliphatic heterocycles. The number of hydrogen-bond donors (Lipinski definition) is 0. The fraction of sp³-hybridized carbons (Fsp3) is 0.364. The van der Waals surface area contributed by atoms with Crippen LogP contribution in [0.3, 0.4) is 0 Å². The van der Waals surface area contributed by atoms with Gasteiger partial charge in [0.1, 0.15) is 0 Å². The zero-order valence-electron chi connectivity index (χ0n) is 28.2. The van der Waals surface area contributed by atoms with Gasteiger partial charge in [-0.3, -0.25) is 0 Å². The topological polar surface area (TPSA) is 0 Å². The van der Waals surface area contributed by atoms with E-state index in [1.807, 2.05) is 10.4 Å². The average Bonchev–Trinajstić information content (AvgIpc) is 3.88. The summed E-state index contributed by atoms with van der Waals surface area (Å²) in [6.45, 7) is 4.62. The van der Waals surface area contributed by atoms with Crippen LogP contribution >= 0.6 is 0 Å². The predicted octanol–water partition coefficient (Wildman–Crippen LogP) is 12.9. The first kappa shape index (κ1) is 29.6. The van der Waals surface area contributed by atoms with Crippen molar-refractivity contribution in [3.8, 4) is 22.3 Å². The fourth-order valence-electron chi connectivity index (χ4n) is 11.7. The van der Waals surface area contributed by atoms with Crippen molar-refractivity contribution in [1.82, 2.24) is 0 Å². The van der Waals surface area contributed by atoms with Crippen LogP contribution in [0.15, 0.2) is 95.3 Å². The molecule has 0 nitrogen and oxygen atoms in total. The van der Waals surface area contributed by atoms with Crippen LogP contribution in [0.5, 0.6) is 0 Å². The monoisotopic (exact) mass is 784 g/mol. The third-order valence-corrected chi connectivity index (χ3v) is 37.2. The summed E-state index contributed by atoms with van der Waals surface area (Å²) in [5.41, 5.74) is 17.1. The summed E-state index contributed by atoms with van der Waals surface area (Å²) >= 11 is -3.13. The van der Waals surface area contributed by atoms with Crippen molar-refractivity contribution < 1.29 is 20.0 Å². The Kier molecular flexibility index (Phi) is 7.07. The summed E-state index contributed by atoms with van der Waals surface area (Å²) in [4.78, 5) is 0. The Morgan fingerprint density at radius 1 is 0.500 bits per heavy atom. The standard InChI is InChI=1S/C42H42Si.2CH3.Hf/c1-29-13-3-9-21-37(29)39-23-11-15-31-25-35(27-41(31)39)43(33-17-5-6-18-33,34-19-7-8-20-34)36-26-32-16-12-24-40(42(32)28-36)38-22-10-4-14-30(38)2;;;/h3-4,9-16,21-28,33-34H,5-8,17-20H2,1-2H3;2*1H3;. The predicted molar refractivity (Wildman–Crippen MR) is 197 cm³/mol. The molecule has 1 heterocycles. The minimum atomic E-state index is -3.13. The molecule has 232 valence electrons. The van der Waals surface area contributed by atoms with E-state index in [1.165, 1.54) is 84.7 Å². The average molecular weight is 783 g/mol. The van der Waals surface area contributed by atoms with Crippen LogP contribution < -0.4 is 0 Å². The normalized spacial score (nSPS) is 24.3. The Bertz CT molecular complexity index is 1790. The van der Waals surface area contributed by atoms with Crippen molar-refractivity contribution in [3.63, 3.8) is 0 Å². The Morgan fingerprint density at radius 3 is 1.30 bits per heavy atom.